The van der Waals surface area contributed by atoms with Crippen LogP contribution in [0.2, 0.25) is 0 Å². The molecule has 1 aliphatic heterocycles. The molecule has 0 spiro atoms. The van der Waals surface area contributed by atoms with Gasteiger partial charge in [0.2, 0.25) is 0 Å². The number of nitrogens with zero attached hydrogens (tertiary/aromatic N) is 4. The standard InChI is InChI=1S/C14H19F3N4O2/c1-3-10(2)23-13(22)21-6-4-20(5-7-21)12-9-18-11(8-19-12)14(15,16)17/h8-10H,3-7H2,1-2H3. The Labute approximate surface area is 132 Å². The second-order valence-corrected chi connectivity index (χ2v) is 5.33. The summed E-state index contributed by atoms with van der Waals surface area (Å²) in [5.74, 6) is 0.368. The largest absolute Gasteiger partial charge is 0.446 e. The van der Waals surface area contributed by atoms with Gasteiger partial charge in [-0.15, -0.1) is 0 Å². The molecule has 6 nitrogen and oxygen atoms in total. The van der Waals surface area contributed by atoms with Crippen LogP contribution in [-0.2, 0) is 10.9 Å². The van der Waals surface area contributed by atoms with Gasteiger partial charge in [-0.1, -0.05) is 6.92 Å². The van der Waals surface area contributed by atoms with Crippen molar-refractivity contribution in [1.29, 1.82) is 0 Å². The quantitative estimate of drug-likeness (QED) is 0.851. The molecule has 9 heteroatoms. The van der Waals surface area contributed by atoms with Crippen molar-refractivity contribution < 1.29 is 22.7 Å². The van der Waals surface area contributed by atoms with Crippen molar-refractivity contribution in [1.82, 2.24) is 14.9 Å². The molecule has 1 atom stereocenters. The lowest BCUT2D eigenvalue weighted by molar-refractivity contribution is -0.141. The van der Waals surface area contributed by atoms with Crippen molar-refractivity contribution in [3.05, 3.63) is 18.1 Å². The highest BCUT2D eigenvalue weighted by Gasteiger charge is 2.33. The molecule has 2 rings (SSSR count). The van der Waals surface area contributed by atoms with E-state index in [2.05, 4.69) is 9.97 Å². The Kier molecular flexibility index (Phi) is 5.27. The van der Waals surface area contributed by atoms with Crippen LogP contribution >= 0.6 is 0 Å². The zero-order chi connectivity index (χ0) is 17.0. The molecule has 0 aromatic carbocycles. The molecular formula is C14H19F3N4O2. The molecule has 1 aromatic heterocycles. The van der Waals surface area contributed by atoms with Gasteiger partial charge in [-0.2, -0.15) is 13.2 Å². The van der Waals surface area contributed by atoms with Crippen LogP contribution in [0.3, 0.4) is 0 Å². The first kappa shape index (κ1) is 17.3. The molecule has 1 amide bonds. The van der Waals surface area contributed by atoms with Crippen molar-refractivity contribution in [3.63, 3.8) is 0 Å². The summed E-state index contributed by atoms with van der Waals surface area (Å²) in [5, 5.41) is 0. The smallest absolute Gasteiger partial charge is 0.434 e. The Morgan fingerprint density at radius 1 is 1.26 bits per heavy atom. The second-order valence-electron chi connectivity index (χ2n) is 5.33. The maximum Gasteiger partial charge on any atom is 0.434 e. The van der Waals surface area contributed by atoms with Gasteiger partial charge in [0.1, 0.15) is 11.9 Å². The highest BCUT2D eigenvalue weighted by atomic mass is 19.4. The number of alkyl halides is 3. The highest BCUT2D eigenvalue weighted by Crippen LogP contribution is 2.27. The van der Waals surface area contributed by atoms with Gasteiger partial charge in [0.15, 0.2) is 5.69 Å². The van der Waals surface area contributed by atoms with Gasteiger partial charge in [0.05, 0.1) is 12.4 Å². The van der Waals surface area contributed by atoms with Crippen LogP contribution in [0.25, 0.3) is 0 Å². The fraction of sp³-hybridized carbons (Fsp3) is 0.643. The maximum absolute atomic E-state index is 12.5. The average molecular weight is 332 g/mol. The van der Waals surface area contributed by atoms with Crippen LogP contribution < -0.4 is 4.90 Å². The number of amides is 1. The van der Waals surface area contributed by atoms with Crippen molar-refractivity contribution >= 4 is 11.9 Å². The summed E-state index contributed by atoms with van der Waals surface area (Å²) in [6.07, 6.45) is -2.43. The van der Waals surface area contributed by atoms with E-state index >= 15 is 0 Å². The van der Waals surface area contributed by atoms with Crippen LogP contribution in [0, 0.1) is 0 Å². The predicted octanol–water partition coefficient (Wildman–Crippen LogP) is 2.55. The van der Waals surface area contributed by atoms with E-state index in [0.717, 1.165) is 18.8 Å². The normalized spacial score (nSPS) is 17.1. The third-order valence-corrected chi connectivity index (χ3v) is 3.67. The first-order chi connectivity index (χ1) is 10.8. The first-order valence-corrected chi connectivity index (χ1v) is 7.41. The average Bonchev–Trinajstić information content (AvgIpc) is 2.54. The lowest BCUT2D eigenvalue weighted by atomic mass is 10.3. The summed E-state index contributed by atoms with van der Waals surface area (Å²) in [6, 6.07) is 0. The van der Waals surface area contributed by atoms with E-state index in [1.54, 1.807) is 9.80 Å². The summed E-state index contributed by atoms with van der Waals surface area (Å²) in [5.41, 5.74) is -1.02. The number of rotatable bonds is 3. The Bertz CT molecular complexity index is 528. The van der Waals surface area contributed by atoms with Crippen molar-refractivity contribution in [2.24, 2.45) is 0 Å². The summed E-state index contributed by atoms with van der Waals surface area (Å²) in [7, 11) is 0. The molecule has 1 aromatic rings. The molecule has 1 saturated heterocycles. The van der Waals surface area contributed by atoms with E-state index in [9.17, 15) is 18.0 Å². The minimum atomic E-state index is -4.50. The maximum atomic E-state index is 12.5. The van der Waals surface area contributed by atoms with E-state index in [1.165, 1.54) is 0 Å². The van der Waals surface area contributed by atoms with E-state index in [1.807, 2.05) is 13.8 Å². The number of piperazine rings is 1. The highest BCUT2D eigenvalue weighted by molar-refractivity contribution is 5.68. The van der Waals surface area contributed by atoms with Crippen molar-refractivity contribution in [3.8, 4) is 0 Å². The summed E-state index contributed by atoms with van der Waals surface area (Å²) in [4.78, 5) is 22.5. The molecule has 0 saturated carbocycles. The van der Waals surface area contributed by atoms with Crippen LogP contribution in [0.4, 0.5) is 23.8 Å². The Morgan fingerprint density at radius 2 is 1.91 bits per heavy atom. The summed E-state index contributed by atoms with van der Waals surface area (Å²) in [6.45, 7) is 5.55. The molecular weight excluding hydrogens is 313 g/mol. The number of carbonyl (C=O) groups excluding carboxylic acids is 1. The molecule has 23 heavy (non-hydrogen) atoms. The van der Waals surface area contributed by atoms with Gasteiger partial charge in [0.25, 0.3) is 0 Å². The molecule has 128 valence electrons. The Hall–Kier alpha value is -2.06. The van der Waals surface area contributed by atoms with Gasteiger partial charge < -0.3 is 14.5 Å². The number of ether oxygens (including phenoxy) is 1. The fourth-order valence-corrected chi connectivity index (χ4v) is 2.08. The Balaban J connectivity index is 1.90. The second kappa shape index (κ2) is 7.01. The summed E-state index contributed by atoms with van der Waals surface area (Å²) >= 11 is 0. The fourth-order valence-electron chi connectivity index (χ4n) is 2.08. The van der Waals surface area contributed by atoms with Gasteiger partial charge in [0, 0.05) is 26.2 Å². The monoisotopic (exact) mass is 332 g/mol. The third kappa shape index (κ3) is 4.46. The van der Waals surface area contributed by atoms with Crippen LogP contribution in [0.5, 0.6) is 0 Å². The van der Waals surface area contributed by atoms with Gasteiger partial charge in [-0.3, -0.25) is 0 Å². The lowest BCUT2D eigenvalue weighted by Gasteiger charge is -2.35. The van der Waals surface area contributed by atoms with E-state index in [0.29, 0.717) is 32.0 Å². The summed E-state index contributed by atoms with van der Waals surface area (Å²) < 4.78 is 42.6. The number of aromatic nitrogens is 2. The van der Waals surface area contributed by atoms with Crippen molar-refractivity contribution in [2.45, 2.75) is 32.5 Å². The third-order valence-electron chi connectivity index (χ3n) is 3.67. The zero-order valence-electron chi connectivity index (χ0n) is 13.0. The first-order valence-electron chi connectivity index (χ1n) is 7.41. The number of anilines is 1. The Morgan fingerprint density at radius 3 is 2.39 bits per heavy atom. The predicted molar refractivity (Wildman–Crippen MR) is 77.1 cm³/mol. The number of halogens is 3. The number of hydrogen-bond donors (Lipinski definition) is 0. The van der Waals surface area contributed by atoms with Crippen LogP contribution in [0.1, 0.15) is 26.0 Å². The zero-order valence-corrected chi connectivity index (χ0v) is 13.0. The van der Waals surface area contributed by atoms with E-state index in [4.69, 9.17) is 4.74 Å². The lowest BCUT2D eigenvalue weighted by Crippen LogP contribution is -2.49. The SMILES string of the molecule is CCC(C)OC(=O)N1CCN(c2cnc(C(F)(F)F)cn2)CC1. The van der Waals surface area contributed by atoms with Gasteiger partial charge >= 0.3 is 12.3 Å². The minimum Gasteiger partial charge on any atom is -0.446 e. The van der Waals surface area contributed by atoms with E-state index in [-0.39, 0.29) is 12.2 Å². The molecule has 0 aliphatic carbocycles. The molecule has 0 bridgehead atoms. The molecule has 1 aliphatic rings. The van der Waals surface area contributed by atoms with Gasteiger partial charge in [-0.25, -0.2) is 14.8 Å². The molecule has 0 N–H and O–H groups in total. The van der Waals surface area contributed by atoms with Crippen LogP contribution in [0.15, 0.2) is 12.4 Å². The topological polar surface area (TPSA) is 58.6 Å². The van der Waals surface area contributed by atoms with Crippen LogP contribution in [-0.4, -0.2) is 53.2 Å². The molecule has 1 unspecified atom stereocenters. The number of carbonyl (C=O) groups is 1. The van der Waals surface area contributed by atoms with Crippen molar-refractivity contribution in [2.75, 3.05) is 31.1 Å². The number of hydrogen-bond acceptors (Lipinski definition) is 5. The minimum absolute atomic E-state index is 0.138. The van der Waals surface area contributed by atoms with Gasteiger partial charge in [-0.05, 0) is 13.3 Å². The molecule has 2 heterocycles. The molecule has 1 fully saturated rings. The van der Waals surface area contributed by atoms with E-state index < -0.39 is 11.9 Å². The molecule has 0 radical (unpaired) electrons.